The highest BCUT2D eigenvalue weighted by atomic mass is 19.1. The maximum atomic E-state index is 13.3. The Morgan fingerprint density at radius 3 is 2.86 bits per heavy atom. The Morgan fingerprint density at radius 2 is 2.14 bits per heavy atom. The highest BCUT2D eigenvalue weighted by Crippen LogP contribution is 2.42. The number of rotatable bonds is 5. The molecular formula is C19H21FN8O. The minimum atomic E-state index is -0.494. The lowest BCUT2D eigenvalue weighted by Crippen LogP contribution is -2.46. The number of aromatic nitrogens is 7. The van der Waals surface area contributed by atoms with E-state index in [-0.39, 0.29) is 5.69 Å². The van der Waals surface area contributed by atoms with Crippen molar-refractivity contribution in [1.82, 2.24) is 33.7 Å². The van der Waals surface area contributed by atoms with Crippen LogP contribution in [0.3, 0.4) is 0 Å². The monoisotopic (exact) mass is 396 g/mol. The number of hydrogen-bond acceptors (Lipinski definition) is 6. The minimum Gasteiger partial charge on any atom is -0.323 e. The molecule has 1 aliphatic carbocycles. The molecule has 0 atom stereocenters. The van der Waals surface area contributed by atoms with Crippen molar-refractivity contribution in [2.45, 2.75) is 38.1 Å². The van der Waals surface area contributed by atoms with Crippen molar-refractivity contribution in [3.63, 3.8) is 0 Å². The van der Waals surface area contributed by atoms with Crippen molar-refractivity contribution in [3.05, 3.63) is 40.8 Å². The largest absolute Gasteiger partial charge is 0.330 e. The number of nitrogens with zero attached hydrogens (tertiary/aromatic N) is 7. The summed E-state index contributed by atoms with van der Waals surface area (Å²) in [6, 6.07) is 1.91. The van der Waals surface area contributed by atoms with E-state index in [1.165, 1.54) is 10.9 Å². The molecule has 10 heteroatoms. The molecule has 0 aromatic carbocycles. The molecule has 0 spiro atoms. The Balaban J connectivity index is 1.62. The fraction of sp³-hybridized carbons (Fsp3) is 0.421. The van der Waals surface area contributed by atoms with Gasteiger partial charge in [-0.25, -0.2) is 19.3 Å². The second kappa shape index (κ2) is 6.36. The quantitative estimate of drug-likeness (QED) is 0.557. The van der Waals surface area contributed by atoms with Crippen LogP contribution in [0.15, 0.2) is 29.6 Å². The van der Waals surface area contributed by atoms with Crippen molar-refractivity contribution in [3.8, 4) is 0 Å². The van der Waals surface area contributed by atoms with Gasteiger partial charge in [0.05, 0.1) is 30.3 Å². The predicted octanol–water partition coefficient (Wildman–Crippen LogP) is 2.46. The number of pyridine rings is 1. The van der Waals surface area contributed by atoms with Crippen LogP contribution < -0.4 is 11.0 Å². The summed E-state index contributed by atoms with van der Waals surface area (Å²) in [5.41, 5.74) is 2.99. The van der Waals surface area contributed by atoms with Gasteiger partial charge in [-0.05, 0) is 44.2 Å². The second-order valence-corrected chi connectivity index (χ2v) is 7.65. The van der Waals surface area contributed by atoms with Crippen LogP contribution in [0.25, 0.3) is 16.8 Å². The fourth-order valence-corrected chi connectivity index (χ4v) is 4.15. The van der Waals surface area contributed by atoms with Crippen LogP contribution in [0.2, 0.25) is 0 Å². The number of nitrogens with one attached hydrogen (secondary N) is 1. The molecule has 0 radical (unpaired) electrons. The first-order valence-corrected chi connectivity index (χ1v) is 9.60. The van der Waals surface area contributed by atoms with Gasteiger partial charge in [0.15, 0.2) is 11.3 Å². The van der Waals surface area contributed by atoms with Gasteiger partial charge < -0.3 is 5.32 Å². The minimum absolute atomic E-state index is 0.181. The molecule has 0 saturated heterocycles. The van der Waals surface area contributed by atoms with Crippen molar-refractivity contribution >= 4 is 28.4 Å². The number of anilines is 2. The molecule has 29 heavy (non-hydrogen) atoms. The highest BCUT2D eigenvalue weighted by molar-refractivity contribution is 5.73. The van der Waals surface area contributed by atoms with Crippen molar-refractivity contribution < 1.29 is 4.39 Å². The molecule has 0 aliphatic heterocycles. The van der Waals surface area contributed by atoms with E-state index in [1.807, 2.05) is 19.2 Å². The Labute approximate surface area is 165 Å². The molecule has 0 bridgehead atoms. The molecule has 1 aliphatic rings. The van der Waals surface area contributed by atoms with E-state index in [0.29, 0.717) is 23.5 Å². The average molecular weight is 396 g/mol. The summed E-state index contributed by atoms with van der Waals surface area (Å²) in [6.07, 6.45) is 7.81. The first-order valence-electron chi connectivity index (χ1n) is 9.60. The van der Waals surface area contributed by atoms with Gasteiger partial charge in [0.25, 0.3) is 0 Å². The average Bonchev–Trinajstić information content (AvgIpc) is 3.22. The zero-order valence-electron chi connectivity index (χ0n) is 16.3. The van der Waals surface area contributed by atoms with Gasteiger partial charge in [-0.3, -0.25) is 13.5 Å². The third-order valence-corrected chi connectivity index (χ3v) is 5.99. The topological polar surface area (TPSA) is 94.9 Å². The number of alkyl halides is 1. The third-order valence-electron chi connectivity index (χ3n) is 5.99. The first-order chi connectivity index (χ1) is 14.0. The van der Waals surface area contributed by atoms with Crippen LogP contribution in [0.1, 0.15) is 31.2 Å². The van der Waals surface area contributed by atoms with Gasteiger partial charge in [-0.15, -0.1) is 0 Å². The standard InChI is InChI=1S/C19H21FN8O/c1-12-8-15-22-11-23-27(15)10-13(12)24-17-21-9-14-16(25-17)28(18(29)26(14)2)19(6-7-20)4-3-5-19/h8-11H,3-7H2,1-2H3,(H,21,24,25). The molecule has 1 fully saturated rings. The molecule has 0 unspecified atom stereocenters. The van der Waals surface area contributed by atoms with E-state index in [0.717, 1.165) is 36.2 Å². The summed E-state index contributed by atoms with van der Waals surface area (Å²) in [7, 11) is 1.70. The molecule has 1 saturated carbocycles. The third kappa shape index (κ3) is 2.62. The zero-order valence-corrected chi connectivity index (χ0v) is 16.3. The lowest BCUT2D eigenvalue weighted by molar-refractivity contribution is 0.116. The summed E-state index contributed by atoms with van der Waals surface area (Å²) >= 11 is 0. The Kier molecular flexibility index (Phi) is 3.90. The maximum absolute atomic E-state index is 13.3. The van der Waals surface area contributed by atoms with Crippen LogP contribution in [0, 0.1) is 6.92 Å². The number of imidazole rings is 1. The summed E-state index contributed by atoms with van der Waals surface area (Å²) in [6.45, 7) is 1.49. The molecule has 5 rings (SSSR count). The zero-order chi connectivity index (χ0) is 20.2. The highest BCUT2D eigenvalue weighted by Gasteiger charge is 2.41. The Morgan fingerprint density at radius 1 is 1.31 bits per heavy atom. The first kappa shape index (κ1) is 17.8. The lowest BCUT2D eigenvalue weighted by atomic mass is 9.74. The van der Waals surface area contributed by atoms with Crippen molar-refractivity contribution in [2.75, 3.05) is 12.0 Å². The molecule has 0 amide bonds. The molecular weight excluding hydrogens is 375 g/mol. The van der Waals surface area contributed by atoms with Crippen molar-refractivity contribution in [2.24, 2.45) is 7.05 Å². The number of halogens is 1. The lowest BCUT2D eigenvalue weighted by Gasteiger charge is -2.42. The van der Waals surface area contributed by atoms with Crippen molar-refractivity contribution in [1.29, 1.82) is 0 Å². The number of aryl methyl sites for hydroxylation is 2. The van der Waals surface area contributed by atoms with Gasteiger partial charge in [0.1, 0.15) is 11.8 Å². The van der Waals surface area contributed by atoms with Gasteiger partial charge in [0.2, 0.25) is 5.95 Å². The summed E-state index contributed by atoms with van der Waals surface area (Å²) in [4.78, 5) is 26.1. The second-order valence-electron chi connectivity index (χ2n) is 7.65. The fourth-order valence-electron chi connectivity index (χ4n) is 4.15. The Hall–Kier alpha value is -3.30. The van der Waals surface area contributed by atoms with Crippen LogP contribution in [-0.2, 0) is 12.6 Å². The van der Waals surface area contributed by atoms with E-state index >= 15 is 0 Å². The summed E-state index contributed by atoms with van der Waals surface area (Å²) in [5.74, 6) is 0.370. The number of fused-ring (bicyclic) bond motifs is 2. The van der Waals surface area contributed by atoms with E-state index < -0.39 is 12.2 Å². The van der Waals surface area contributed by atoms with Gasteiger partial charge in [-0.1, -0.05) is 0 Å². The molecule has 9 nitrogen and oxygen atoms in total. The van der Waals surface area contributed by atoms with E-state index in [9.17, 15) is 9.18 Å². The maximum Gasteiger partial charge on any atom is 0.330 e. The molecule has 4 aromatic heterocycles. The molecule has 4 heterocycles. The van der Waals surface area contributed by atoms with Crippen LogP contribution in [0.4, 0.5) is 16.0 Å². The van der Waals surface area contributed by atoms with Crippen LogP contribution in [-0.4, -0.2) is 40.4 Å². The normalized spacial score (nSPS) is 15.7. The van der Waals surface area contributed by atoms with Crippen LogP contribution in [0.5, 0.6) is 0 Å². The molecule has 1 N–H and O–H groups in total. The van der Waals surface area contributed by atoms with Gasteiger partial charge in [0, 0.05) is 7.05 Å². The molecule has 4 aromatic rings. The summed E-state index contributed by atoms with van der Waals surface area (Å²) in [5, 5.41) is 7.37. The molecule has 150 valence electrons. The SMILES string of the molecule is Cc1cc2ncnn2cc1Nc1ncc2c(n1)n(C1(CCF)CCC1)c(=O)n2C. The van der Waals surface area contributed by atoms with Gasteiger partial charge in [-0.2, -0.15) is 10.1 Å². The summed E-state index contributed by atoms with van der Waals surface area (Å²) < 4.78 is 18.1. The number of hydrogen-bond donors (Lipinski definition) is 1. The van der Waals surface area contributed by atoms with E-state index in [1.54, 1.807) is 22.3 Å². The van der Waals surface area contributed by atoms with E-state index in [4.69, 9.17) is 0 Å². The van der Waals surface area contributed by atoms with E-state index in [2.05, 4.69) is 25.4 Å². The van der Waals surface area contributed by atoms with Crippen LogP contribution >= 0.6 is 0 Å². The predicted molar refractivity (Wildman–Crippen MR) is 106 cm³/mol. The Bertz CT molecular complexity index is 1280. The smallest absolute Gasteiger partial charge is 0.323 e. The van der Waals surface area contributed by atoms with Gasteiger partial charge >= 0.3 is 5.69 Å².